The molecule has 1 heterocycles. The molecule has 0 aliphatic carbocycles. The molecule has 1 N–H and O–H groups in total. The SMILES string of the molecule is CCOC(=O)c1c(C)oc2c1cc(NS(=O)(=O)c1ccc(C)cc1)c1ccccc12. The van der Waals surface area contributed by atoms with Gasteiger partial charge in [0.05, 0.1) is 17.2 Å². The van der Waals surface area contributed by atoms with E-state index in [4.69, 9.17) is 9.15 Å². The van der Waals surface area contributed by atoms with Crippen LogP contribution in [-0.4, -0.2) is 21.0 Å². The van der Waals surface area contributed by atoms with Crippen LogP contribution >= 0.6 is 0 Å². The molecule has 4 aromatic rings. The number of hydrogen-bond acceptors (Lipinski definition) is 5. The first kappa shape index (κ1) is 20.0. The van der Waals surface area contributed by atoms with Crippen molar-refractivity contribution in [2.24, 2.45) is 0 Å². The van der Waals surface area contributed by atoms with Gasteiger partial charge < -0.3 is 9.15 Å². The minimum atomic E-state index is -3.82. The molecule has 0 spiro atoms. The van der Waals surface area contributed by atoms with Gasteiger partial charge >= 0.3 is 5.97 Å². The first-order valence-corrected chi connectivity index (χ1v) is 11.0. The Morgan fingerprint density at radius 2 is 1.67 bits per heavy atom. The third-order valence-electron chi connectivity index (χ3n) is 4.93. The zero-order valence-corrected chi connectivity index (χ0v) is 17.7. The molecule has 4 rings (SSSR count). The van der Waals surface area contributed by atoms with Gasteiger partial charge in [-0.2, -0.15) is 0 Å². The maximum Gasteiger partial charge on any atom is 0.342 e. The zero-order chi connectivity index (χ0) is 21.5. The molecule has 154 valence electrons. The average Bonchev–Trinajstić information content (AvgIpc) is 3.04. The molecule has 0 saturated carbocycles. The average molecular weight is 423 g/mol. The standard InChI is InChI=1S/C23H21NO5S/c1-4-28-23(25)21-15(3)29-22-18-8-6-5-7-17(18)20(13-19(21)22)24-30(26,27)16-11-9-14(2)10-12-16/h5-13,24H,4H2,1-3H3. The van der Waals surface area contributed by atoms with Crippen LogP contribution < -0.4 is 4.72 Å². The summed E-state index contributed by atoms with van der Waals surface area (Å²) in [5, 5.41) is 1.88. The van der Waals surface area contributed by atoms with Crippen LogP contribution in [0.5, 0.6) is 0 Å². The number of carbonyl (C=O) groups excluding carboxylic acids is 1. The molecule has 0 unspecified atom stereocenters. The Kier molecular flexibility index (Phi) is 4.99. The predicted octanol–water partition coefficient (Wildman–Crippen LogP) is 5.18. The minimum Gasteiger partial charge on any atom is -0.462 e. The molecule has 1 aromatic heterocycles. The number of hydrogen-bond donors (Lipinski definition) is 1. The van der Waals surface area contributed by atoms with Gasteiger partial charge in [0, 0.05) is 16.2 Å². The summed E-state index contributed by atoms with van der Waals surface area (Å²) in [5.74, 6) is -0.0801. The molecule has 0 aliphatic heterocycles. The molecule has 0 fully saturated rings. The van der Waals surface area contributed by atoms with E-state index >= 15 is 0 Å². The van der Waals surface area contributed by atoms with Gasteiger partial charge in [-0.05, 0) is 39.0 Å². The third kappa shape index (κ3) is 3.41. The number of aryl methyl sites for hydroxylation is 2. The summed E-state index contributed by atoms with van der Waals surface area (Å²) in [5.41, 5.74) is 2.15. The molecular weight excluding hydrogens is 402 g/mol. The van der Waals surface area contributed by atoms with Crippen LogP contribution in [0, 0.1) is 13.8 Å². The number of rotatable bonds is 5. The Hall–Kier alpha value is -3.32. The van der Waals surface area contributed by atoms with Gasteiger partial charge in [0.2, 0.25) is 0 Å². The number of sulfonamides is 1. The van der Waals surface area contributed by atoms with Gasteiger partial charge in [-0.3, -0.25) is 4.72 Å². The first-order chi connectivity index (χ1) is 14.3. The van der Waals surface area contributed by atoms with E-state index in [0.29, 0.717) is 38.8 Å². The Morgan fingerprint density at radius 1 is 1.00 bits per heavy atom. The lowest BCUT2D eigenvalue weighted by atomic mass is 10.0. The van der Waals surface area contributed by atoms with E-state index in [1.807, 2.05) is 31.2 Å². The van der Waals surface area contributed by atoms with E-state index in [0.717, 1.165) is 5.56 Å². The van der Waals surface area contributed by atoms with Gasteiger partial charge in [0.25, 0.3) is 10.0 Å². The van der Waals surface area contributed by atoms with Crippen molar-refractivity contribution in [3.8, 4) is 0 Å². The molecule has 0 aliphatic rings. The van der Waals surface area contributed by atoms with E-state index in [-0.39, 0.29) is 11.5 Å². The highest BCUT2D eigenvalue weighted by atomic mass is 32.2. The number of ether oxygens (including phenoxy) is 1. The summed E-state index contributed by atoms with van der Waals surface area (Å²) < 4.78 is 39.7. The molecule has 0 radical (unpaired) electrons. The van der Waals surface area contributed by atoms with Crippen molar-refractivity contribution in [1.82, 2.24) is 0 Å². The van der Waals surface area contributed by atoms with Crippen LogP contribution in [0.25, 0.3) is 21.7 Å². The van der Waals surface area contributed by atoms with Crippen LogP contribution in [0.3, 0.4) is 0 Å². The summed E-state index contributed by atoms with van der Waals surface area (Å²) in [6, 6.07) is 15.5. The number of nitrogens with one attached hydrogen (secondary N) is 1. The van der Waals surface area contributed by atoms with Crippen LogP contribution in [0.15, 0.2) is 63.9 Å². The lowest BCUT2D eigenvalue weighted by Crippen LogP contribution is -2.13. The Bertz CT molecular complexity index is 1370. The number of anilines is 1. The molecule has 7 heteroatoms. The first-order valence-electron chi connectivity index (χ1n) is 9.53. The van der Waals surface area contributed by atoms with Gasteiger partial charge in [0.1, 0.15) is 16.9 Å². The number of esters is 1. The minimum absolute atomic E-state index is 0.159. The fourth-order valence-corrected chi connectivity index (χ4v) is 4.57. The molecule has 0 saturated heterocycles. The molecule has 3 aromatic carbocycles. The fourth-order valence-electron chi connectivity index (χ4n) is 3.50. The molecule has 6 nitrogen and oxygen atoms in total. The summed E-state index contributed by atoms with van der Waals surface area (Å²) in [7, 11) is -3.82. The van der Waals surface area contributed by atoms with Gasteiger partial charge in [-0.15, -0.1) is 0 Å². The second-order valence-electron chi connectivity index (χ2n) is 7.02. The summed E-state index contributed by atoms with van der Waals surface area (Å²) >= 11 is 0. The van der Waals surface area contributed by atoms with Crippen LogP contribution in [0.4, 0.5) is 5.69 Å². The fraction of sp³-hybridized carbons (Fsp3) is 0.174. The zero-order valence-electron chi connectivity index (χ0n) is 16.9. The number of fused-ring (bicyclic) bond motifs is 3. The van der Waals surface area contributed by atoms with Gasteiger partial charge in [-0.25, -0.2) is 13.2 Å². The van der Waals surface area contributed by atoms with E-state index in [1.165, 1.54) is 0 Å². The highest BCUT2D eigenvalue weighted by Crippen LogP contribution is 2.37. The van der Waals surface area contributed by atoms with Gasteiger partial charge in [-0.1, -0.05) is 42.0 Å². The normalized spacial score (nSPS) is 11.7. The van der Waals surface area contributed by atoms with Crippen molar-refractivity contribution in [2.75, 3.05) is 11.3 Å². The molecular formula is C23H21NO5S. The molecule has 0 atom stereocenters. The Balaban J connectivity index is 1.93. The number of furan rings is 1. The highest BCUT2D eigenvalue weighted by molar-refractivity contribution is 7.92. The predicted molar refractivity (Wildman–Crippen MR) is 116 cm³/mol. The Labute approximate surface area is 174 Å². The van der Waals surface area contributed by atoms with Crippen molar-refractivity contribution in [1.29, 1.82) is 0 Å². The third-order valence-corrected chi connectivity index (χ3v) is 6.31. The van der Waals surface area contributed by atoms with Crippen molar-refractivity contribution in [3.63, 3.8) is 0 Å². The van der Waals surface area contributed by atoms with E-state index in [9.17, 15) is 13.2 Å². The van der Waals surface area contributed by atoms with Crippen molar-refractivity contribution in [3.05, 3.63) is 71.5 Å². The van der Waals surface area contributed by atoms with Crippen LogP contribution in [0.1, 0.15) is 28.6 Å². The topological polar surface area (TPSA) is 85.6 Å². The smallest absolute Gasteiger partial charge is 0.342 e. The lowest BCUT2D eigenvalue weighted by molar-refractivity contribution is 0.0526. The monoisotopic (exact) mass is 423 g/mol. The molecule has 0 amide bonds. The Morgan fingerprint density at radius 3 is 2.33 bits per heavy atom. The summed E-state index contributed by atoms with van der Waals surface area (Å²) in [4.78, 5) is 12.7. The summed E-state index contributed by atoms with van der Waals surface area (Å²) in [6.07, 6.45) is 0. The van der Waals surface area contributed by atoms with Crippen LogP contribution in [0.2, 0.25) is 0 Å². The van der Waals surface area contributed by atoms with E-state index < -0.39 is 16.0 Å². The quantitative estimate of drug-likeness (QED) is 0.447. The van der Waals surface area contributed by atoms with Crippen molar-refractivity contribution >= 4 is 43.4 Å². The second kappa shape index (κ2) is 7.50. The maximum absolute atomic E-state index is 13.0. The molecule has 0 bridgehead atoms. The largest absolute Gasteiger partial charge is 0.462 e. The van der Waals surface area contributed by atoms with Crippen molar-refractivity contribution < 1.29 is 22.4 Å². The van der Waals surface area contributed by atoms with Gasteiger partial charge in [0.15, 0.2) is 0 Å². The number of benzene rings is 3. The van der Waals surface area contributed by atoms with E-state index in [1.54, 1.807) is 44.2 Å². The highest BCUT2D eigenvalue weighted by Gasteiger charge is 2.24. The van der Waals surface area contributed by atoms with Crippen LogP contribution in [-0.2, 0) is 14.8 Å². The second-order valence-corrected chi connectivity index (χ2v) is 8.70. The maximum atomic E-state index is 13.0. The lowest BCUT2D eigenvalue weighted by Gasteiger charge is -2.12. The van der Waals surface area contributed by atoms with Crippen molar-refractivity contribution in [2.45, 2.75) is 25.7 Å². The summed E-state index contributed by atoms with van der Waals surface area (Å²) in [6.45, 7) is 5.54. The molecule has 30 heavy (non-hydrogen) atoms. The van der Waals surface area contributed by atoms with E-state index in [2.05, 4.69) is 4.72 Å². The number of carbonyl (C=O) groups is 1.